The summed E-state index contributed by atoms with van der Waals surface area (Å²) in [4.78, 5) is 25.7. The van der Waals surface area contributed by atoms with Gasteiger partial charge < -0.3 is 9.73 Å². The van der Waals surface area contributed by atoms with E-state index in [1.165, 1.54) is 12.8 Å². The van der Waals surface area contributed by atoms with E-state index in [1.807, 2.05) is 0 Å². The fraction of sp³-hybridized carbons (Fsp3) is 0.429. The fourth-order valence-electron chi connectivity index (χ4n) is 2.59. The number of fused-ring (bicyclic) bond motifs is 1. The summed E-state index contributed by atoms with van der Waals surface area (Å²) >= 11 is 0. The molecular formula is C14H16N2O3. The summed E-state index contributed by atoms with van der Waals surface area (Å²) in [7, 11) is 0. The molecule has 1 saturated carbocycles. The molecule has 1 fully saturated rings. The Balaban J connectivity index is 1.71. The van der Waals surface area contributed by atoms with E-state index in [9.17, 15) is 9.59 Å². The van der Waals surface area contributed by atoms with Gasteiger partial charge >= 0.3 is 5.76 Å². The third-order valence-corrected chi connectivity index (χ3v) is 3.65. The molecule has 2 aromatic rings. The van der Waals surface area contributed by atoms with Crippen LogP contribution in [0.5, 0.6) is 0 Å². The maximum Gasteiger partial charge on any atom is 0.417 e. The lowest BCUT2D eigenvalue weighted by Gasteiger charge is -2.10. The number of ketones is 1. The second-order valence-electron chi connectivity index (χ2n) is 5.01. The lowest BCUT2D eigenvalue weighted by Crippen LogP contribution is -2.31. The number of oxazole rings is 1. The summed E-state index contributed by atoms with van der Waals surface area (Å²) in [6, 6.07) is 5.48. The molecule has 0 spiro atoms. The van der Waals surface area contributed by atoms with Crippen molar-refractivity contribution in [3.63, 3.8) is 0 Å². The SMILES string of the molecule is O=C(CNC1CCCC1)c1ccc2oc(=O)[nH]c2c1. The van der Waals surface area contributed by atoms with E-state index in [1.54, 1.807) is 18.2 Å². The smallest absolute Gasteiger partial charge is 0.408 e. The Morgan fingerprint density at radius 1 is 1.37 bits per heavy atom. The third-order valence-electron chi connectivity index (χ3n) is 3.65. The Labute approximate surface area is 110 Å². The van der Waals surface area contributed by atoms with Crippen LogP contribution in [0.1, 0.15) is 36.0 Å². The van der Waals surface area contributed by atoms with Crippen molar-refractivity contribution < 1.29 is 9.21 Å². The van der Waals surface area contributed by atoms with Crippen molar-refractivity contribution in [1.29, 1.82) is 0 Å². The molecule has 19 heavy (non-hydrogen) atoms. The van der Waals surface area contributed by atoms with Crippen LogP contribution in [0, 0.1) is 0 Å². The second-order valence-corrected chi connectivity index (χ2v) is 5.01. The molecule has 5 nitrogen and oxygen atoms in total. The fourth-order valence-corrected chi connectivity index (χ4v) is 2.59. The van der Waals surface area contributed by atoms with Crippen molar-refractivity contribution in [3.8, 4) is 0 Å². The van der Waals surface area contributed by atoms with Crippen molar-refractivity contribution in [3.05, 3.63) is 34.3 Å². The van der Waals surface area contributed by atoms with Crippen LogP contribution in [0.4, 0.5) is 0 Å². The van der Waals surface area contributed by atoms with Gasteiger partial charge in [0.25, 0.3) is 0 Å². The Morgan fingerprint density at radius 3 is 2.95 bits per heavy atom. The normalized spacial score (nSPS) is 16.2. The van der Waals surface area contributed by atoms with Gasteiger partial charge in [0.1, 0.15) is 0 Å². The number of hydrogen-bond donors (Lipinski definition) is 2. The number of aromatic nitrogens is 1. The first-order valence-electron chi connectivity index (χ1n) is 6.62. The minimum absolute atomic E-state index is 0.0378. The molecule has 1 aromatic heterocycles. The van der Waals surface area contributed by atoms with Crippen LogP contribution in [0.25, 0.3) is 11.1 Å². The zero-order chi connectivity index (χ0) is 13.2. The molecule has 0 bridgehead atoms. The van der Waals surface area contributed by atoms with Crippen LogP contribution in [-0.2, 0) is 0 Å². The van der Waals surface area contributed by atoms with E-state index in [4.69, 9.17) is 4.42 Å². The van der Waals surface area contributed by atoms with Gasteiger partial charge in [-0.15, -0.1) is 0 Å². The number of nitrogens with one attached hydrogen (secondary N) is 2. The number of rotatable bonds is 4. The lowest BCUT2D eigenvalue weighted by atomic mass is 10.1. The van der Waals surface area contributed by atoms with Gasteiger partial charge in [0.15, 0.2) is 11.4 Å². The van der Waals surface area contributed by atoms with Gasteiger partial charge in [-0.3, -0.25) is 9.78 Å². The summed E-state index contributed by atoms with van der Waals surface area (Å²) < 4.78 is 4.91. The first-order valence-corrected chi connectivity index (χ1v) is 6.62. The largest absolute Gasteiger partial charge is 0.417 e. The average Bonchev–Trinajstić information content (AvgIpc) is 3.02. The highest BCUT2D eigenvalue weighted by atomic mass is 16.4. The van der Waals surface area contributed by atoms with Gasteiger partial charge in [-0.2, -0.15) is 0 Å². The van der Waals surface area contributed by atoms with Crippen LogP contribution in [0.15, 0.2) is 27.4 Å². The predicted octanol–water partition coefficient (Wildman–Crippen LogP) is 1.84. The molecule has 1 aliphatic carbocycles. The standard InChI is InChI=1S/C14H16N2O3/c17-12(8-15-10-3-1-2-4-10)9-5-6-13-11(7-9)16-14(18)19-13/h5-7,10,15H,1-4,8H2,(H,16,18). The summed E-state index contributed by atoms with van der Waals surface area (Å²) in [6.07, 6.45) is 4.80. The van der Waals surface area contributed by atoms with Gasteiger partial charge in [-0.05, 0) is 31.0 Å². The summed E-state index contributed by atoms with van der Waals surface area (Å²) in [5, 5.41) is 3.29. The number of hydrogen-bond acceptors (Lipinski definition) is 4. The molecular weight excluding hydrogens is 244 g/mol. The highest BCUT2D eigenvalue weighted by Crippen LogP contribution is 2.18. The molecule has 2 N–H and O–H groups in total. The molecule has 1 aromatic carbocycles. The number of carbonyl (C=O) groups excluding carboxylic acids is 1. The van der Waals surface area contributed by atoms with Crippen molar-refractivity contribution >= 4 is 16.9 Å². The molecule has 1 heterocycles. The van der Waals surface area contributed by atoms with Crippen LogP contribution >= 0.6 is 0 Å². The van der Waals surface area contributed by atoms with Crippen molar-refractivity contribution in [2.24, 2.45) is 0 Å². The van der Waals surface area contributed by atoms with Crippen molar-refractivity contribution in [1.82, 2.24) is 10.3 Å². The Morgan fingerprint density at radius 2 is 2.16 bits per heavy atom. The average molecular weight is 260 g/mol. The zero-order valence-electron chi connectivity index (χ0n) is 10.6. The van der Waals surface area contributed by atoms with E-state index >= 15 is 0 Å². The zero-order valence-corrected chi connectivity index (χ0v) is 10.6. The molecule has 0 atom stereocenters. The second kappa shape index (κ2) is 5.01. The number of carbonyl (C=O) groups is 1. The van der Waals surface area contributed by atoms with E-state index in [0.29, 0.717) is 29.2 Å². The molecule has 0 saturated heterocycles. The van der Waals surface area contributed by atoms with Crippen LogP contribution in [0.2, 0.25) is 0 Å². The first kappa shape index (κ1) is 12.2. The maximum absolute atomic E-state index is 12.1. The first-order chi connectivity index (χ1) is 9.22. The van der Waals surface area contributed by atoms with Gasteiger partial charge in [-0.25, -0.2) is 4.79 Å². The lowest BCUT2D eigenvalue weighted by molar-refractivity contribution is 0.0987. The monoisotopic (exact) mass is 260 g/mol. The Bertz CT molecular complexity index is 650. The number of aromatic amines is 1. The molecule has 0 unspecified atom stereocenters. The van der Waals surface area contributed by atoms with Gasteiger partial charge in [0.05, 0.1) is 12.1 Å². The van der Waals surface area contributed by atoms with E-state index < -0.39 is 5.76 Å². The van der Waals surface area contributed by atoms with E-state index in [-0.39, 0.29) is 5.78 Å². The number of H-pyrrole nitrogens is 1. The van der Waals surface area contributed by atoms with E-state index in [0.717, 1.165) is 12.8 Å². The summed E-state index contributed by atoms with van der Waals surface area (Å²) in [5.74, 6) is -0.459. The molecule has 100 valence electrons. The summed E-state index contributed by atoms with van der Waals surface area (Å²) in [5.41, 5.74) is 1.64. The van der Waals surface area contributed by atoms with Gasteiger partial charge in [-0.1, -0.05) is 12.8 Å². The van der Waals surface area contributed by atoms with Crippen molar-refractivity contribution in [2.45, 2.75) is 31.7 Å². The highest BCUT2D eigenvalue weighted by Gasteiger charge is 2.16. The molecule has 3 rings (SSSR count). The molecule has 1 aliphatic rings. The topological polar surface area (TPSA) is 75.1 Å². The van der Waals surface area contributed by atoms with Crippen molar-refractivity contribution in [2.75, 3.05) is 6.54 Å². The maximum atomic E-state index is 12.1. The van der Waals surface area contributed by atoms with Crippen LogP contribution in [-0.4, -0.2) is 23.4 Å². The van der Waals surface area contributed by atoms with Gasteiger partial charge in [0, 0.05) is 11.6 Å². The minimum Gasteiger partial charge on any atom is -0.408 e. The Kier molecular flexibility index (Phi) is 3.21. The minimum atomic E-state index is -0.497. The molecule has 0 aliphatic heterocycles. The molecule has 0 amide bonds. The predicted molar refractivity (Wildman–Crippen MR) is 71.4 cm³/mol. The number of Topliss-reactive ketones (excluding diaryl/α,β-unsaturated/α-hetero) is 1. The molecule has 5 heteroatoms. The number of benzene rings is 1. The Hall–Kier alpha value is -1.88. The van der Waals surface area contributed by atoms with Crippen LogP contribution < -0.4 is 11.1 Å². The summed E-state index contributed by atoms with van der Waals surface area (Å²) in [6.45, 7) is 0.345. The van der Waals surface area contributed by atoms with Crippen LogP contribution in [0.3, 0.4) is 0 Å². The van der Waals surface area contributed by atoms with E-state index in [2.05, 4.69) is 10.3 Å². The highest BCUT2D eigenvalue weighted by molar-refractivity contribution is 5.99. The third kappa shape index (κ3) is 2.61. The quantitative estimate of drug-likeness (QED) is 0.822. The molecule has 0 radical (unpaired) electrons. The van der Waals surface area contributed by atoms with Gasteiger partial charge in [0.2, 0.25) is 0 Å².